The molecule has 1 aromatic carbocycles. The third kappa shape index (κ3) is 2.71. The number of anilines is 1. The van der Waals surface area contributed by atoms with Crippen LogP contribution in [-0.2, 0) is 0 Å². The topological polar surface area (TPSA) is 35.5 Å². The van der Waals surface area contributed by atoms with Gasteiger partial charge in [0.05, 0.1) is 12.6 Å². The van der Waals surface area contributed by atoms with Gasteiger partial charge in [-0.15, -0.1) is 0 Å². The van der Waals surface area contributed by atoms with Crippen molar-refractivity contribution in [3.05, 3.63) is 28.2 Å². The first-order chi connectivity index (χ1) is 8.67. The second-order valence-corrected chi connectivity index (χ2v) is 5.74. The van der Waals surface area contributed by atoms with Gasteiger partial charge in [-0.1, -0.05) is 22.0 Å². The van der Waals surface area contributed by atoms with Gasteiger partial charge in [-0.05, 0) is 44.5 Å². The summed E-state index contributed by atoms with van der Waals surface area (Å²) in [6, 6.07) is 7.09. The summed E-state index contributed by atoms with van der Waals surface area (Å²) < 4.78 is 1.13. The molecule has 1 fully saturated rings. The first-order valence-corrected chi connectivity index (χ1v) is 7.31. The van der Waals surface area contributed by atoms with Crippen molar-refractivity contribution >= 4 is 21.6 Å². The number of aliphatic hydroxyl groups excluding tert-OH is 1. The van der Waals surface area contributed by atoms with Crippen LogP contribution in [0.1, 0.15) is 31.4 Å². The molecule has 2 N–H and O–H groups in total. The van der Waals surface area contributed by atoms with Crippen molar-refractivity contribution in [3.8, 4) is 0 Å². The van der Waals surface area contributed by atoms with Gasteiger partial charge in [0.2, 0.25) is 0 Å². The minimum atomic E-state index is 0.242. The summed E-state index contributed by atoms with van der Waals surface area (Å²) >= 11 is 3.65. The monoisotopic (exact) mass is 312 g/mol. The Labute approximate surface area is 117 Å². The lowest BCUT2D eigenvalue weighted by molar-refractivity contribution is 0.266. The average Bonchev–Trinajstić information content (AvgIpc) is 2.86. The molecular weight excluding hydrogens is 292 g/mol. The predicted octanol–water partition coefficient (Wildman–Crippen LogP) is 2.69. The fraction of sp³-hybridized carbons (Fsp3) is 0.571. The van der Waals surface area contributed by atoms with Crippen LogP contribution in [0, 0.1) is 0 Å². The van der Waals surface area contributed by atoms with Crippen LogP contribution in [0.3, 0.4) is 0 Å². The maximum Gasteiger partial charge on any atom is 0.0635 e. The number of aliphatic hydroxyl groups is 1. The molecule has 0 aliphatic carbocycles. The molecule has 2 unspecified atom stereocenters. The van der Waals surface area contributed by atoms with Gasteiger partial charge in [0, 0.05) is 22.7 Å². The average molecular weight is 313 g/mol. The van der Waals surface area contributed by atoms with E-state index in [0.717, 1.165) is 23.9 Å². The van der Waals surface area contributed by atoms with E-state index in [1.54, 1.807) is 0 Å². The Balaban J connectivity index is 2.23. The molecule has 1 aliphatic rings. The minimum Gasteiger partial charge on any atom is -0.394 e. The van der Waals surface area contributed by atoms with E-state index < -0.39 is 0 Å². The van der Waals surface area contributed by atoms with Crippen LogP contribution in [0.2, 0.25) is 0 Å². The highest BCUT2D eigenvalue weighted by Gasteiger charge is 2.24. The summed E-state index contributed by atoms with van der Waals surface area (Å²) in [4.78, 5) is 2.30. The highest BCUT2D eigenvalue weighted by molar-refractivity contribution is 9.10. The third-order valence-corrected chi connectivity index (χ3v) is 4.49. The summed E-state index contributed by atoms with van der Waals surface area (Å²) in [6.45, 7) is 3.43. The van der Waals surface area contributed by atoms with Gasteiger partial charge in [0.15, 0.2) is 0 Å². The Morgan fingerprint density at radius 1 is 1.56 bits per heavy atom. The first kappa shape index (κ1) is 13.8. The van der Waals surface area contributed by atoms with Gasteiger partial charge in [0.1, 0.15) is 0 Å². The molecule has 1 aliphatic heterocycles. The zero-order valence-electron chi connectivity index (χ0n) is 11.0. The lowest BCUT2D eigenvalue weighted by atomic mass is 10.1. The molecule has 100 valence electrons. The summed E-state index contributed by atoms with van der Waals surface area (Å²) in [7, 11) is 1.97. The van der Waals surface area contributed by atoms with Gasteiger partial charge >= 0.3 is 0 Å². The molecule has 0 aromatic heterocycles. The van der Waals surface area contributed by atoms with E-state index in [0.29, 0.717) is 6.04 Å². The SMILES string of the molecule is CNC(C)c1ccc(N2CCCC2CO)cc1Br. The van der Waals surface area contributed by atoms with Crippen LogP contribution in [0.4, 0.5) is 5.69 Å². The lowest BCUT2D eigenvalue weighted by Crippen LogP contribution is -2.32. The van der Waals surface area contributed by atoms with Crippen molar-refractivity contribution < 1.29 is 5.11 Å². The van der Waals surface area contributed by atoms with E-state index in [9.17, 15) is 5.11 Å². The third-order valence-electron chi connectivity index (χ3n) is 3.80. The van der Waals surface area contributed by atoms with E-state index >= 15 is 0 Å². The van der Waals surface area contributed by atoms with Crippen molar-refractivity contribution in [2.75, 3.05) is 25.1 Å². The number of hydrogen-bond donors (Lipinski definition) is 2. The molecule has 0 bridgehead atoms. The van der Waals surface area contributed by atoms with Crippen LogP contribution in [0.5, 0.6) is 0 Å². The number of rotatable bonds is 4. The Bertz CT molecular complexity index is 411. The van der Waals surface area contributed by atoms with Crippen molar-refractivity contribution in [1.82, 2.24) is 5.32 Å². The maximum absolute atomic E-state index is 9.38. The highest BCUT2D eigenvalue weighted by Crippen LogP contribution is 2.31. The number of halogens is 1. The Morgan fingerprint density at radius 2 is 2.33 bits per heavy atom. The summed E-state index contributed by atoms with van der Waals surface area (Å²) in [5.74, 6) is 0. The smallest absolute Gasteiger partial charge is 0.0635 e. The maximum atomic E-state index is 9.38. The first-order valence-electron chi connectivity index (χ1n) is 6.51. The highest BCUT2D eigenvalue weighted by atomic mass is 79.9. The van der Waals surface area contributed by atoms with Crippen LogP contribution in [0.25, 0.3) is 0 Å². The lowest BCUT2D eigenvalue weighted by Gasteiger charge is -2.26. The van der Waals surface area contributed by atoms with Crippen molar-refractivity contribution in [1.29, 1.82) is 0 Å². The summed E-state index contributed by atoms with van der Waals surface area (Å²) in [6.07, 6.45) is 2.25. The van der Waals surface area contributed by atoms with E-state index in [4.69, 9.17) is 0 Å². The molecule has 1 aromatic rings. The molecule has 2 atom stereocenters. The number of benzene rings is 1. The van der Waals surface area contributed by atoms with Crippen molar-refractivity contribution in [2.24, 2.45) is 0 Å². The quantitative estimate of drug-likeness (QED) is 0.897. The second-order valence-electron chi connectivity index (χ2n) is 4.89. The van der Waals surface area contributed by atoms with E-state index in [1.165, 1.54) is 11.3 Å². The van der Waals surface area contributed by atoms with E-state index in [1.807, 2.05) is 7.05 Å². The summed E-state index contributed by atoms with van der Waals surface area (Å²) in [5, 5.41) is 12.6. The van der Waals surface area contributed by atoms with Crippen LogP contribution >= 0.6 is 15.9 Å². The van der Waals surface area contributed by atoms with Gasteiger partial charge in [-0.25, -0.2) is 0 Å². The second kappa shape index (κ2) is 6.04. The number of hydrogen-bond acceptors (Lipinski definition) is 3. The molecule has 3 nitrogen and oxygen atoms in total. The van der Waals surface area contributed by atoms with Crippen LogP contribution in [0.15, 0.2) is 22.7 Å². The fourth-order valence-corrected chi connectivity index (χ4v) is 3.28. The summed E-state index contributed by atoms with van der Waals surface area (Å²) in [5.41, 5.74) is 2.46. The predicted molar refractivity (Wildman–Crippen MR) is 79.1 cm³/mol. The van der Waals surface area contributed by atoms with Crippen molar-refractivity contribution in [2.45, 2.75) is 31.8 Å². The van der Waals surface area contributed by atoms with Gasteiger partial charge in [-0.2, -0.15) is 0 Å². The van der Waals surface area contributed by atoms with Crippen molar-refractivity contribution in [3.63, 3.8) is 0 Å². The minimum absolute atomic E-state index is 0.242. The largest absolute Gasteiger partial charge is 0.394 e. The zero-order chi connectivity index (χ0) is 13.1. The molecule has 0 radical (unpaired) electrons. The van der Waals surface area contributed by atoms with E-state index in [2.05, 4.69) is 51.3 Å². The Kier molecular flexibility index (Phi) is 4.65. The zero-order valence-corrected chi connectivity index (χ0v) is 12.6. The Hall–Kier alpha value is -0.580. The molecule has 4 heteroatoms. The molecule has 18 heavy (non-hydrogen) atoms. The normalized spacial score (nSPS) is 21.3. The number of nitrogens with one attached hydrogen (secondary N) is 1. The Morgan fingerprint density at radius 3 is 2.94 bits per heavy atom. The molecule has 0 spiro atoms. The molecule has 2 rings (SSSR count). The fourth-order valence-electron chi connectivity index (χ4n) is 2.57. The molecular formula is C14H21BrN2O. The van der Waals surface area contributed by atoms with Gasteiger partial charge < -0.3 is 15.3 Å². The van der Waals surface area contributed by atoms with Crippen LogP contribution in [-0.4, -0.2) is 31.3 Å². The standard InChI is InChI=1S/C14H21BrN2O/c1-10(16-2)13-6-5-11(8-14(13)15)17-7-3-4-12(17)9-18/h5-6,8,10,12,16,18H,3-4,7,9H2,1-2H3. The van der Waals surface area contributed by atoms with E-state index in [-0.39, 0.29) is 12.6 Å². The molecule has 0 saturated carbocycles. The van der Waals surface area contributed by atoms with Crippen LogP contribution < -0.4 is 10.2 Å². The molecule has 0 amide bonds. The number of nitrogens with zero attached hydrogens (tertiary/aromatic N) is 1. The van der Waals surface area contributed by atoms with Gasteiger partial charge in [-0.3, -0.25) is 0 Å². The molecule has 1 saturated heterocycles. The van der Waals surface area contributed by atoms with Gasteiger partial charge in [0.25, 0.3) is 0 Å². The molecule has 1 heterocycles.